The molecule has 0 amide bonds. The summed E-state index contributed by atoms with van der Waals surface area (Å²) in [6, 6.07) is 12.8. The molecule has 9 heteroatoms. The average molecular weight is 503 g/mol. The van der Waals surface area contributed by atoms with E-state index in [0.29, 0.717) is 34.4 Å². The van der Waals surface area contributed by atoms with Crippen molar-refractivity contribution in [3.05, 3.63) is 82.1 Å². The number of methoxy groups -OCH3 is 2. The number of ether oxygens (including phenoxy) is 2. The van der Waals surface area contributed by atoms with Gasteiger partial charge in [-0.1, -0.05) is 6.07 Å². The molecule has 5 rings (SSSR count). The molecular weight excluding hydrogens is 476 g/mol. The van der Waals surface area contributed by atoms with Gasteiger partial charge >= 0.3 is 5.97 Å². The zero-order valence-corrected chi connectivity index (χ0v) is 21.1. The SMILES string of the molecule is COC(=O)c1ccc2c(c1)CCC[C@@]2(O)c1ncc(-c2cc(C)cc(Nc3cc(OC)ccn3)n2)s1. The van der Waals surface area contributed by atoms with Gasteiger partial charge in [0.2, 0.25) is 0 Å². The molecule has 1 atom stereocenters. The van der Waals surface area contributed by atoms with Crippen LogP contribution in [0, 0.1) is 6.92 Å². The molecule has 0 fully saturated rings. The van der Waals surface area contributed by atoms with Crippen molar-refractivity contribution in [3.63, 3.8) is 0 Å². The molecule has 1 aliphatic rings. The van der Waals surface area contributed by atoms with E-state index >= 15 is 0 Å². The first-order valence-electron chi connectivity index (χ1n) is 11.6. The number of carbonyl (C=O) groups excluding carboxylic acids is 1. The van der Waals surface area contributed by atoms with Crippen LogP contribution in [0.2, 0.25) is 0 Å². The first kappa shape index (κ1) is 23.9. The minimum atomic E-state index is -1.22. The summed E-state index contributed by atoms with van der Waals surface area (Å²) in [6.07, 6.45) is 5.55. The predicted molar refractivity (Wildman–Crippen MR) is 138 cm³/mol. The van der Waals surface area contributed by atoms with E-state index in [1.54, 1.807) is 37.7 Å². The summed E-state index contributed by atoms with van der Waals surface area (Å²) < 4.78 is 10.1. The van der Waals surface area contributed by atoms with Crippen LogP contribution in [0.25, 0.3) is 10.6 Å². The second-order valence-corrected chi connectivity index (χ2v) is 9.76. The van der Waals surface area contributed by atoms with Crippen LogP contribution in [0.3, 0.4) is 0 Å². The van der Waals surface area contributed by atoms with E-state index in [0.717, 1.165) is 40.1 Å². The Labute approximate surface area is 213 Å². The lowest BCUT2D eigenvalue weighted by Crippen LogP contribution is -2.32. The van der Waals surface area contributed by atoms with Crippen LogP contribution in [0.1, 0.15) is 44.9 Å². The topological polar surface area (TPSA) is 106 Å². The summed E-state index contributed by atoms with van der Waals surface area (Å²) in [4.78, 5) is 26.5. The van der Waals surface area contributed by atoms with E-state index in [9.17, 15) is 9.90 Å². The van der Waals surface area contributed by atoms with Crippen LogP contribution in [0.15, 0.2) is 54.9 Å². The lowest BCUT2D eigenvalue weighted by atomic mass is 9.79. The summed E-state index contributed by atoms with van der Waals surface area (Å²) in [7, 11) is 2.98. The molecule has 3 aromatic heterocycles. The molecule has 4 aromatic rings. The Morgan fingerprint density at radius 3 is 2.78 bits per heavy atom. The maximum atomic E-state index is 12.0. The summed E-state index contributed by atoms with van der Waals surface area (Å²) in [5.74, 6) is 1.59. The number of pyridine rings is 2. The highest BCUT2D eigenvalue weighted by Crippen LogP contribution is 2.43. The number of hydrogen-bond donors (Lipinski definition) is 2. The molecule has 0 unspecified atom stereocenters. The Morgan fingerprint density at radius 1 is 1.11 bits per heavy atom. The highest BCUT2D eigenvalue weighted by molar-refractivity contribution is 7.15. The maximum Gasteiger partial charge on any atom is 0.337 e. The van der Waals surface area contributed by atoms with Crippen molar-refractivity contribution in [1.82, 2.24) is 15.0 Å². The highest BCUT2D eigenvalue weighted by atomic mass is 32.1. The Balaban J connectivity index is 1.46. The fourth-order valence-corrected chi connectivity index (χ4v) is 5.53. The minimum absolute atomic E-state index is 0.387. The Morgan fingerprint density at radius 2 is 1.97 bits per heavy atom. The number of nitrogens with one attached hydrogen (secondary N) is 1. The fourth-order valence-electron chi connectivity index (χ4n) is 4.52. The number of aryl methyl sites for hydroxylation is 2. The number of carbonyl (C=O) groups is 1. The quantitative estimate of drug-likeness (QED) is 0.354. The molecule has 184 valence electrons. The summed E-state index contributed by atoms with van der Waals surface area (Å²) in [5.41, 5.74) is 2.76. The molecule has 2 N–H and O–H groups in total. The van der Waals surface area contributed by atoms with E-state index in [2.05, 4.69) is 15.3 Å². The molecular formula is C27H26N4O4S. The zero-order chi connectivity index (χ0) is 25.3. The first-order valence-corrected chi connectivity index (χ1v) is 12.4. The number of aromatic nitrogens is 3. The zero-order valence-electron chi connectivity index (χ0n) is 20.2. The van der Waals surface area contributed by atoms with Crippen LogP contribution in [-0.4, -0.2) is 40.2 Å². The third kappa shape index (κ3) is 4.55. The second-order valence-electron chi connectivity index (χ2n) is 8.73. The third-order valence-electron chi connectivity index (χ3n) is 6.26. The van der Waals surface area contributed by atoms with Crippen molar-refractivity contribution in [2.75, 3.05) is 19.5 Å². The van der Waals surface area contributed by atoms with E-state index in [4.69, 9.17) is 14.5 Å². The largest absolute Gasteiger partial charge is 0.497 e. The summed E-state index contributed by atoms with van der Waals surface area (Å²) >= 11 is 1.42. The van der Waals surface area contributed by atoms with Gasteiger partial charge in [0.25, 0.3) is 0 Å². The second kappa shape index (κ2) is 9.67. The van der Waals surface area contributed by atoms with Gasteiger partial charge in [0, 0.05) is 18.5 Å². The number of thiazole rings is 1. The molecule has 0 spiro atoms. The van der Waals surface area contributed by atoms with Crippen molar-refractivity contribution in [2.45, 2.75) is 31.8 Å². The van der Waals surface area contributed by atoms with Gasteiger partial charge in [-0.05, 0) is 73.2 Å². The molecule has 3 heterocycles. The van der Waals surface area contributed by atoms with Crippen molar-refractivity contribution >= 4 is 28.9 Å². The summed E-state index contributed by atoms with van der Waals surface area (Å²) in [5, 5.41) is 15.6. The van der Waals surface area contributed by atoms with Gasteiger partial charge in [-0.15, -0.1) is 11.3 Å². The normalized spacial score (nSPS) is 16.8. The smallest absolute Gasteiger partial charge is 0.337 e. The monoisotopic (exact) mass is 502 g/mol. The molecule has 36 heavy (non-hydrogen) atoms. The maximum absolute atomic E-state index is 12.0. The molecule has 0 saturated carbocycles. The number of rotatable bonds is 6. The highest BCUT2D eigenvalue weighted by Gasteiger charge is 2.39. The lowest BCUT2D eigenvalue weighted by molar-refractivity contribution is 0.0583. The molecule has 8 nitrogen and oxygen atoms in total. The van der Waals surface area contributed by atoms with Gasteiger partial charge in [0.05, 0.1) is 30.4 Å². The van der Waals surface area contributed by atoms with E-state index in [1.807, 2.05) is 31.2 Å². The third-order valence-corrected chi connectivity index (χ3v) is 7.43. The first-order chi connectivity index (χ1) is 17.4. The number of aliphatic hydroxyl groups is 1. The number of benzene rings is 1. The van der Waals surface area contributed by atoms with Gasteiger partial charge in [-0.25, -0.2) is 19.7 Å². The average Bonchev–Trinajstić information content (AvgIpc) is 3.39. The van der Waals surface area contributed by atoms with Gasteiger partial charge in [-0.2, -0.15) is 0 Å². The molecule has 0 bridgehead atoms. The fraction of sp³-hybridized carbons (Fsp3) is 0.259. The van der Waals surface area contributed by atoms with Crippen molar-refractivity contribution in [1.29, 1.82) is 0 Å². The Hall–Kier alpha value is -3.82. The molecule has 1 aliphatic carbocycles. The number of nitrogens with zero attached hydrogens (tertiary/aromatic N) is 3. The van der Waals surface area contributed by atoms with Crippen molar-refractivity contribution in [2.24, 2.45) is 0 Å². The number of esters is 1. The van der Waals surface area contributed by atoms with Crippen LogP contribution < -0.4 is 10.1 Å². The van der Waals surface area contributed by atoms with E-state index in [1.165, 1.54) is 18.4 Å². The van der Waals surface area contributed by atoms with Crippen LogP contribution in [0.4, 0.5) is 11.6 Å². The van der Waals surface area contributed by atoms with Gasteiger partial charge in [0.15, 0.2) is 0 Å². The molecule has 0 saturated heterocycles. The standard InChI is InChI=1S/C27H26N4O4S/c1-16-11-21(30-24(12-16)31-23-14-19(34-2)8-10-28-23)22-15-29-26(36-22)27(33)9-4-5-17-13-18(25(32)35-3)6-7-20(17)27/h6-8,10-15,33H,4-5,9H2,1-3H3,(H,28,30,31)/t27-/m0/s1. The van der Waals surface area contributed by atoms with Gasteiger partial charge in [0.1, 0.15) is 28.0 Å². The number of anilines is 2. The van der Waals surface area contributed by atoms with Crippen LogP contribution >= 0.6 is 11.3 Å². The van der Waals surface area contributed by atoms with E-state index in [-0.39, 0.29) is 5.97 Å². The van der Waals surface area contributed by atoms with E-state index < -0.39 is 5.60 Å². The predicted octanol–water partition coefficient (Wildman–Crippen LogP) is 5.02. The molecule has 0 aliphatic heterocycles. The number of fused-ring (bicyclic) bond motifs is 1. The molecule has 1 aromatic carbocycles. The van der Waals surface area contributed by atoms with Crippen molar-refractivity contribution in [3.8, 4) is 16.3 Å². The van der Waals surface area contributed by atoms with Gasteiger partial charge in [-0.3, -0.25) is 0 Å². The van der Waals surface area contributed by atoms with Crippen LogP contribution in [0.5, 0.6) is 5.75 Å². The lowest BCUT2D eigenvalue weighted by Gasteiger charge is -2.33. The summed E-state index contributed by atoms with van der Waals surface area (Å²) in [6.45, 7) is 2.00. The molecule has 0 radical (unpaired) electrons. The number of hydrogen-bond acceptors (Lipinski definition) is 9. The Kier molecular flexibility index (Phi) is 6.42. The minimum Gasteiger partial charge on any atom is -0.497 e. The Bertz CT molecular complexity index is 1440. The van der Waals surface area contributed by atoms with Crippen LogP contribution in [-0.2, 0) is 16.8 Å². The van der Waals surface area contributed by atoms with Gasteiger partial charge < -0.3 is 19.9 Å². The van der Waals surface area contributed by atoms with Crippen molar-refractivity contribution < 1.29 is 19.4 Å².